The Morgan fingerprint density at radius 1 is 1.04 bits per heavy atom. The molecular weight excluding hydrogens is 797 g/mol. The van der Waals surface area contributed by atoms with Gasteiger partial charge in [-0.05, 0) is 54.3 Å². The third-order valence-electron chi connectivity index (χ3n) is 9.77. The number of anilines is 1. The zero-order valence-electron chi connectivity index (χ0n) is 28.8. The lowest BCUT2D eigenvalue weighted by atomic mass is 10.0. The molecule has 1 saturated carbocycles. The van der Waals surface area contributed by atoms with Crippen molar-refractivity contribution < 1.29 is 43.9 Å². The molecule has 3 atom stereocenters. The average Bonchev–Trinajstić information content (AvgIpc) is 3.63. The molecule has 21 heteroatoms. The lowest BCUT2D eigenvalue weighted by molar-refractivity contribution is -0.123. The molecule has 3 aromatic carbocycles. The van der Waals surface area contributed by atoms with E-state index in [2.05, 4.69) is 25.2 Å². The molecule has 12 nitrogen and oxygen atoms in total. The fourth-order valence-electron chi connectivity index (χ4n) is 7.55. The number of nitrogens with zero attached hydrogens (tertiary/aromatic N) is 6. The molecule has 0 aliphatic heterocycles. The number of aromatic nitrogens is 6. The summed E-state index contributed by atoms with van der Waals surface area (Å²) < 4.78 is 132. The van der Waals surface area contributed by atoms with Gasteiger partial charge in [0, 0.05) is 37.1 Å². The Kier molecular flexibility index (Phi) is 8.71. The van der Waals surface area contributed by atoms with Crippen molar-refractivity contribution in [3.05, 3.63) is 110 Å². The number of sulfonamides is 1. The van der Waals surface area contributed by atoms with Crippen LogP contribution in [-0.2, 0) is 40.8 Å². The number of nitrogens with one attached hydrogen (secondary N) is 2. The number of benzene rings is 3. The molecule has 0 saturated heterocycles. The number of alkyl halides is 4. The molecule has 292 valence electrons. The normalized spacial score (nSPS) is 17.7. The first-order valence-electron chi connectivity index (χ1n) is 16.7. The van der Waals surface area contributed by atoms with Gasteiger partial charge < -0.3 is 5.32 Å². The van der Waals surface area contributed by atoms with Crippen LogP contribution in [0.4, 0.5) is 36.6 Å². The van der Waals surface area contributed by atoms with E-state index in [0.29, 0.717) is 10.7 Å². The van der Waals surface area contributed by atoms with Crippen LogP contribution in [0.15, 0.2) is 53.3 Å². The number of carbonyl (C=O) groups is 1. The minimum Gasteiger partial charge on any atom is -0.344 e. The second kappa shape index (κ2) is 13.0. The summed E-state index contributed by atoms with van der Waals surface area (Å²) >= 11 is 6.53. The molecule has 8 rings (SSSR count). The zero-order valence-corrected chi connectivity index (χ0v) is 30.4. The van der Waals surface area contributed by atoms with Gasteiger partial charge in [0.2, 0.25) is 15.9 Å². The molecular formula is C35H26ClF7N8O4S. The Bertz CT molecular complexity index is 2810. The van der Waals surface area contributed by atoms with Crippen molar-refractivity contribution in [1.82, 2.24) is 34.4 Å². The van der Waals surface area contributed by atoms with Crippen LogP contribution in [0.1, 0.15) is 53.1 Å². The van der Waals surface area contributed by atoms with Crippen molar-refractivity contribution in [1.29, 1.82) is 0 Å². The largest absolute Gasteiger partial charge is 0.344 e. The van der Waals surface area contributed by atoms with Crippen LogP contribution in [0, 0.1) is 23.4 Å². The number of halogens is 8. The molecule has 3 heterocycles. The van der Waals surface area contributed by atoms with Gasteiger partial charge >= 0.3 is 0 Å². The Morgan fingerprint density at radius 2 is 1.75 bits per heavy atom. The Hall–Kier alpha value is -5.50. The van der Waals surface area contributed by atoms with Crippen LogP contribution < -0.4 is 15.6 Å². The van der Waals surface area contributed by atoms with Crippen LogP contribution in [0.3, 0.4) is 0 Å². The molecule has 0 spiro atoms. The number of rotatable bonds is 10. The van der Waals surface area contributed by atoms with Gasteiger partial charge in [0.15, 0.2) is 5.82 Å². The first-order chi connectivity index (χ1) is 26.3. The summed E-state index contributed by atoms with van der Waals surface area (Å²) in [4.78, 5) is 32.9. The molecule has 2 aliphatic carbocycles. The molecule has 56 heavy (non-hydrogen) atoms. The number of hydrogen-bond donors (Lipinski definition) is 2. The predicted octanol–water partition coefficient (Wildman–Crippen LogP) is 6.16. The average molecular weight is 823 g/mol. The number of fused-ring (bicyclic) bond motifs is 5. The maximum atomic E-state index is 15.4. The van der Waals surface area contributed by atoms with Gasteiger partial charge in [-0.25, -0.2) is 35.4 Å². The monoisotopic (exact) mass is 822 g/mol. The third-order valence-corrected chi connectivity index (χ3v) is 10.6. The predicted molar refractivity (Wildman–Crippen MR) is 188 cm³/mol. The van der Waals surface area contributed by atoms with Crippen molar-refractivity contribution in [2.75, 3.05) is 11.0 Å². The summed E-state index contributed by atoms with van der Waals surface area (Å²) in [7, 11) is -2.50. The van der Waals surface area contributed by atoms with E-state index < -0.39 is 93.5 Å². The SMILES string of the molecule is Cn1nc(NS(C)(=O)=O)c2c(Cl)ccc(-n3c(C(Cc4cc(F)cc(F)c4)NC(=O)Cn4nc(C(F)F)c5c4C(F)(F)[C@@H]4C[C@H]54)nc4cc(F)ccc4c3=O)c21. The Balaban J connectivity index is 1.32. The van der Waals surface area contributed by atoms with E-state index in [1.165, 1.54) is 23.9 Å². The lowest BCUT2D eigenvalue weighted by Gasteiger charge is -2.24. The summed E-state index contributed by atoms with van der Waals surface area (Å²) in [6.07, 6.45) is -2.88. The zero-order chi connectivity index (χ0) is 40.2. The van der Waals surface area contributed by atoms with E-state index in [9.17, 15) is 40.0 Å². The van der Waals surface area contributed by atoms with E-state index in [0.717, 1.165) is 41.2 Å². The molecule has 2 aliphatic rings. The van der Waals surface area contributed by atoms with E-state index in [-0.39, 0.29) is 61.7 Å². The Morgan fingerprint density at radius 3 is 2.43 bits per heavy atom. The van der Waals surface area contributed by atoms with Gasteiger partial charge in [0.05, 0.1) is 44.8 Å². The van der Waals surface area contributed by atoms with Crippen LogP contribution in [-0.4, -0.2) is 49.7 Å². The third kappa shape index (κ3) is 6.33. The topological polar surface area (TPSA) is 146 Å². The van der Waals surface area contributed by atoms with Crippen LogP contribution >= 0.6 is 11.6 Å². The van der Waals surface area contributed by atoms with Crippen molar-refractivity contribution in [2.45, 2.75) is 43.7 Å². The van der Waals surface area contributed by atoms with Crippen molar-refractivity contribution in [3.63, 3.8) is 0 Å². The van der Waals surface area contributed by atoms with Gasteiger partial charge in [-0.2, -0.15) is 19.0 Å². The molecule has 6 aromatic rings. The Labute approximate surface area is 315 Å². The van der Waals surface area contributed by atoms with Crippen molar-refractivity contribution in [2.24, 2.45) is 13.0 Å². The van der Waals surface area contributed by atoms with Crippen molar-refractivity contribution in [3.8, 4) is 5.69 Å². The number of hydrogen-bond acceptors (Lipinski definition) is 7. The quantitative estimate of drug-likeness (QED) is 0.158. The van der Waals surface area contributed by atoms with Gasteiger partial charge in [-0.3, -0.25) is 28.2 Å². The molecule has 3 aromatic heterocycles. The van der Waals surface area contributed by atoms with Crippen LogP contribution in [0.5, 0.6) is 0 Å². The van der Waals surface area contributed by atoms with Crippen LogP contribution in [0.25, 0.3) is 27.5 Å². The molecule has 1 fully saturated rings. The first-order valence-corrected chi connectivity index (χ1v) is 19.0. The summed E-state index contributed by atoms with van der Waals surface area (Å²) in [5.41, 5.74) is -3.14. The maximum Gasteiger partial charge on any atom is 0.293 e. The second-order valence-corrected chi connectivity index (χ2v) is 15.8. The van der Waals surface area contributed by atoms with Gasteiger partial charge in [0.25, 0.3) is 17.9 Å². The molecule has 0 radical (unpaired) electrons. The summed E-state index contributed by atoms with van der Waals surface area (Å²) in [6.45, 7) is -1.02. The van der Waals surface area contributed by atoms with Gasteiger partial charge in [-0.1, -0.05) is 11.6 Å². The van der Waals surface area contributed by atoms with E-state index >= 15 is 8.78 Å². The minimum absolute atomic E-state index is 0.00197. The van der Waals surface area contributed by atoms with Gasteiger partial charge in [-0.15, -0.1) is 0 Å². The molecule has 2 N–H and O–H groups in total. The smallest absolute Gasteiger partial charge is 0.293 e. The van der Waals surface area contributed by atoms with E-state index in [1.807, 2.05) is 0 Å². The fourth-order valence-corrected chi connectivity index (χ4v) is 8.29. The molecule has 1 unspecified atom stereocenters. The highest BCUT2D eigenvalue weighted by atomic mass is 35.5. The molecule has 1 amide bonds. The fraction of sp³-hybridized carbons (Fsp3) is 0.286. The number of carbonyl (C=O) groups excluding carboxylic acids is 1. The summed E-state index contributed by atoms with van der Waals surface area (Å²) in [5.74, 6) is -10.1. The second-order valence-electron chi connectivity index (χ2n) is 13.7. The number of amides is 1. The first kappa shape index (κ1) is 37.4. The van der Waals surface area contributed by atoms with Gasteiger partial charge in [0.1, 0.15) is 41.2 Å². The summed E-state index contributed by atoms with van der Waals surface area (Å²) in [5, 5.41) is 10.3. The van der Waals surface area contributed by atoms with E-state index in [1.54, 1.807) is 0 Å². The standard InChI is InChI=1S/C35H26ClF7N8O4S/c1-49-29-24(6-5-21(36)27(29)32(47-49)48-56(2,54)55)51-33(45-22-11-15(37)3-4-18(22)34(51)53)23(9-14-7-16(38)10-17(39)8-14)44-25(52)13-50-30-26(28(46-50)31(40)41)19-12-20(19)35(30,42)43/h3-8,10-11,19-20,23,31H,9,12-13H2,1-2H3,(H,44,52)(H,47,48)/t19-,20+,23?/m0/s1. The minimum atomic E-state index is -3.91. The highest BCUT2D eigenvalue weighted by Gasteiger charge is 2.67. The van der Waals surface area contributed by atoms with Crippen molar-refractivity contribution >= 4 is 55.2 Å². The highest BCUT2D eigenvalue weighted by Crippen LogP contribution is 2.68. The molecule has 0 bridgehead atoms. The van der Waals surface area contributed by atoms with Crippen LogP contribution in [0.2, 0.25) is 5.02 Å². The highest BCUT2D eigenvalue weighted by molar-refractivity contribution is 7.92. The maximum absolute atomic E-state index is 15.4. The van der Waals surface area contributed by atoms with E-state index in [4.69, 9.17) is 11.6 Å². The lowest BCUT2D eigenvalue weighted by Crippen LogP contribution is -2.38. The number of aryl methyl sites for hydroxylation is 1. The summed E-state index contributed by atoms with van der Waals surface area (Å²) in [6, 6.07) is 6.60.